The lowest BCUT2D eigenvalue weighted by molar-refractivity contribution is -0.923. The Kier molecular flexibility index (Phi) is 5.28. The summed E-state index contributed by atoms with van der Waals surface area (Å²) in [5.74, 6) is 0. The highest BCUT2D eigenvalue weighted by molar-refractivity contribution is 5.32. The van der Waals surface area contributed by atoms with Crippen LogP contribution in [0.1, 0.15) is 26.3 Å². The summed E-state index contributed by atoms with van der Waals surface area (Å²) in [6, 6.07) is 6.92. The number of nitro benzene ring substituents is 1. The molecule has 0 N–H and O–H groups in total. The summed E-state index contributed by atoms with van der Waals surface area (Å²) in [4.78, 5) is 10.2. The summed E-state index contributed by atoms with van der Waals surface area (Å²) >= 11 is 0. The van der Waals surface area contributed by atoms with Gasteiger partial charge in [0.1, 0.15) is 0 Å². The van der Waals surface area contributed by atoms with Crippen LogP contribution < -0.4 is 0 Å². The molecule has 0 unspecified atom stereocenters. The normalized spacial score (nSPS) is 11.5. The first-order chi connectivity index (χ1) is 8.56. The number of nitrogens with zero attached hydrogens (tertiary/aromatic N) is 2. The number of benzene rings is 1. The first kappa shape index (κ1) is 14.6. The van der Waals surface area contributed by atoms with E-state index in [1.807, 2.05) is 12.1 Å². The average Bonchev–Trinajstić information content (AvgIpc) is 2.41. The molecular weight excluding hydrogens is 228 g/mol. The maximum Gasteiger partial charge on any atom is 0.269 e. The van der Waals surface area contributed by atoms with Gasteiger partial charge in [-0.15, -0.1) is 0 Å². The standard InChI is InChI=1S/C14H23N2O2/c1-4-16(5-2,6-3)12-11-13-7-9-14(10-8-13)15(17)18/h7-10H,4-6,11-12H2,1-3H3/q+1. The summed E-state index contributed by atoms with van der Waals surface area (Å²) in [6.07, 6.45) is 0.980. The highest BCUT2D eigenvalue weighted by Gasteiger charge is 2.20. The van der Waals surface area contributed by atoms with Crippen molar-refractivity contribution in [1.29, 1.82) is 0 Å². The minimum atomic E-state index is -0.353. The first-order valence-electron chi connectivity index (χ1n) is 6.65. The molecule has 0 saturated carbocycles. The van der Waals surface area contributed by atoms with E-state index in [4.69, 9.17) is 0 Å². The second-order valence-corrected chi connectivity index (χ2v) is 4.69. The predicted molar refractivity (Wildman–Crippen MR) is 73.6 cm³/mol. The maximum atomic E-state index is 10.6. The van der Waals surface area contributed by atoms with E-state index >= 15 is 0 Å². The monoisotopic (exact) mass is 251 g/mol. The molecule has 0 spiro atoms. The topological polar surface area (TPSA) is 43.1 Å². The minimum Gasteiger partial charge on any atom is -0.324 e. The van der Waals surface area contributed by atoms with E-state index in [0.29, 0.717) is 0 Å². The Morgan fingerprint density at radius 1 is 1.06 bits per heavy atom. The molecule has 0 aliphatic rings. The largest absolute Gasteiger partial charge is 0.324 e. The highest BCUT2D eigenvalue weighted by Crippen LogP contribution is 2.14. The van der Waals surface area contributed by atoms with Crippen molar-refractivity contribution >= 4 is 5.69 Å². The van der Waals surface area contributed by atoms with E-state index in [0.717, 1.165) is 37.1 Å². The van der Waals surface area contributed by atoms with Crippen molar-refractivity contribution < 1.29 is 9.41 Å². The fourth-order valence-corrected chi connectivity index (χ4v) is 2.30. The zero-order valence-electron chi connectivity index (χ0n) is 11.6. The smallest absolute Gasteiger partial charge is 0.269 e. The molecule has 18 heavy (non-hydrogen) atoms. The van der Waals surface area contributed by atoms with Gasteiger partial charge in [-0.3, -0.25) is 10.1 Å². The Hall–Kier alpha value is -1.42. The third kappa shape index (κ3) is 3.53. The van der Waals surface area contributed by atoms with Crippen molar-refractivity contribution in [3.63, 3.8) is 0 Å². The van der Waals surface area contributed by atoms with Crippen molar-refractivity contribution in [1.82, 2.24) is 0 Å². The number of likely N-dealkylation sites (N-methyl/N-ethyl adjacent to an activating group) is 1. The lowest BCUT2D eigenvalue weighted by Gasteiger charge is -2.35. The van der Waals surface area contributed by atoms with Crippen LogP contribution in [-0.4, -0.2) is 35.6 Å². The molecule has 4 nitrogen and oxygen atoms in total. The summed E-state index contributed by atoms with van der Waals surface area (Å²) in [6.45, 7) is 11.2. The maximum absolute atomic E-state index is 10.6. The second-order valence-electron chi connectivity index (χ2n) is 4.69. The van der Waals surface area contributed by atoms with Gasteiger partial charge in [0.05, 0.1) is 31.1 Å². The molecule has 0 atom stereocenters. The van der Waals surface area contributed by atoms with Crippen LogP contribution in [0, 0.1) is 10.1 Å². The minimum absolute atomic E-state index is 0.168. The van der Waals surface area contributed by atoms with Gasteiger partial charge >= 0.3 is 0 Å². The molecule has 0 aliphatic carbocycles. The van der Waals surface area contributed by atoms with Crippen molar-refractivity contribution in [2.24, 2.45) is 0 Å². The van der Waals surface area contributed by atoms with Crippen LogP contribution in [0.5, 0.6) is 0 Å². The van der Waals surface area contributed by atoms with E-state index in [-0.39, 0.29) is 10.6 Å². The van der Waals surface area contributed by atoms with E-state index < -0.39 is 0 Å². The van der Waals surface area contributed by atoms with Crippen LogP contribution in [0.3, 0.4) is 0 Å². The Balaban J connectivity index is 2.65. The van der Waals surface area contributed by atoms with Crippen molar-refractivity contribution in [3.8, 4) is 0 Å². The second kappa shape index (κ2) is 6.50. The van der Waals surface area contributed by atoms with Gasteiger partial charge < -0.3 is 4.48 Å². The van der Waals surface area contributed by atoms with Crippen LogP contribution in [0.15, 0.2) is 24.3 Å². The van der Waals surface area contributed by atoms with Crippen LogP contribution in [0.2, 0.25) is 0 Å². The zero-order valence-corrected chi connectivity index (χ0v) is 11.6. The van der Waals surface area contributed by atoms with Gasteiger partial charge in [0.15, 0.2) is 0 Å². The van der Waals surface area contributed by atoms with E-state index in [9.17, 15) is 10.1 Å². The van der Waals surface area contributed by atoms with Gasteiger partial charge in [-0.05, 0) is 26.3 Å². The van der Waals surface area contributed by atoms with Crippen LogP contribution >= 0.6 is 0 Å². The lowest BCUT2D eigenvalue weighted by atomic mass is 10.1. The Labute approximate surface area is 109 Å². The van der Waals surface area contributed by atoms with Crippen molar-refractivity contribution in [2.45, 2.75) is 27.2 Å². The molecule has 0 radical (unpaired) electrons. The number of quaternary nitrogens is 1. The molecule has 0 amide bonds. The highest BCUT2D eigenvalue weighted by atomic mass is 16.6. The number of hydrogen-bond donors (Lipinski definition) is 0. The van der Waals surface area contributed by atoms with Crippen LogP contribution in [0.25, 0.3) is 0 Å². The molecule has 4 heteroatoms. The number of non-ortho nitro benzene ring substituents is 1. The fourth-order valence-electron chi connectivity index (χ4n) is 2.30. The summed E-state index contributed by atoms with van der Waals surface area (Å²) < 4.78 is 1.11. The third-order valence-electron chi connectivity index (χ3n) is 4.03. The van der Waals surface area contributed by atoms with E-state index in [1.165, 1.54) is 5.56 Å². The molecule has 0 bridgehead atoms. The molecule has 1 rings (SSSR count). The molecule has 1 aromatic rings. The molecule has 0 aliphatic heterocycles. The molecule has 0 fully saturated rings. The Morgan fingerprint density at radius 2 is 1.56 bits per heavy atom. The third-order valence-corrected chi connectivity index (χ3v) is 4.03. The average molecular weight is 251 g/mol. The summed E-state index contributed by atoms with van der Waals surface area (Å²) in [7, 11) is 0. The van der Waals surface area contributed by atoms with Gasteiger partial charge in [0, 0.05) is 18.6 Å². The molecule has 100 valence electrons. The molecule has 1 aromatic carbocycles. The molecule has 0 saturated heterocycles. The zero-order chi connectivity index (χ0) is 13.6. The molecule has 0 aromatic heterocycles. The lowest BCUT2D eigenvalue weighted by Crippen LogP contribution is -2.48. The first-order valence-corrected chi connectivity index (χ1v) is 6.65. The van der Waals surface area contributed by atoms with E-state index in [1.54, 1.807) is 12.1 Å². The van der Waals surface area contributed by atoms with Gasteiger partial charge in [-0.25, -0.2) is 0 Å². The van der Waals surface area contributed by atoms with Gasteiger partial charge in [-0.1, -0.05) is 12.1 Å². The number of nitro groups is 1. The van der Waals surface area contributed by atoms with Crippen LogP contribution in [0.4, 0.5) is 5.69 Å². The summed E-state index contributed by atoms with van der Waals surface area (Å²) in [5.41, 5.74) is 1.35. The van der Waals surface area contributed by atoms with Gasteiger partial charge in [0.2, 0.25) is 0 Å². The molecular formula is C14H23N2O2+. The van der Waals surface area contributed by atoms with Crippen molar-refractivity contribution in [2.75, 3.05) is 26.2 Å². The molecule has 0 heterocycles. The van der Waals surface area contributed by atoms with Crippen molar-refractivity contribution in [3.05, 3.63) is 39.9 Å². The van der Waals surface area contributed by atoms with Gasteiger partial charge in [-0.2, -0.15) is 0 Å². The Bertz CT molecular complexity index is 375. The summed E-state index contributed by atoms with van der Waals surface area (Å²) in [5, 5.41) is 10.6. The quantitative estimate of drug-likeness (QED) is 0.425. The van der Waals surface area contributed by atoms with Crippen LogP contribution in [-0.2, 0) is 6.42 Å². The number of rotatable bonds is 7. The Morgan fingerprint density at radius 3 is 1.94 bits per heavy atom. The number of hydrogen-bond acceptors (Lipinski definition) is 2. The van der Waals surface area contributed by atoms with Gasteiger partial charge in [0.25, 0.3) is 5.69 Å². The predicted octanol–water partition coefficient (Wildman–Crippen LogP) is 3.01. The fraction of sp³-hybridized carbons (Fsp3) is 0.571. The SMILES string of the molecule is CC[N+](CC)(CC)CCc1ccc([N+](=O)[O-])cc1. The van der Waals surface area contributed by atoms with E-state index in [2.05, 4.69) is 20.8 Å².